The third kappa shape index (κ3) is 1.88. The van der Waals surface area contributed by atoms with Gasteiger partial charge >= 0.3 is 0 Å². The van der Waals surface area contributed by atoms with Crippen molar-refractivity contribution in [3.63, 3.8) is 0 Å². The highest BCUT2D eigenvalue weighted by Crippen LogP contribution is 2.05. The normalized spacial score (nSPS) is 10.9. The van der Waals surface area contributed by atoms with E-state index in [0.717, 1.165) is 6.42 Å². The van der Waals surface area contributed by atoms with Gasteiger partial charge in [0.2, 0.25) is 0 Å². The lowest BCUT2D eigenvalue weighted by molar-refractivity contribution is 0.602. The van der Waals surface area contributed by atoms with Gasteiger partial charge in [-0.3, -0.25) is 4.79 Å². The topological polar surface area (TPSA) is 76.5 Å². The monoisotopic (exact) mass is 241 g/mol. The number of hydrogen-bond acceptors (Lipinski definition) is 4. The van der Waals surface area contributed by atoms with Crippen molar-refractivity contribution in [2.45, 2.75) is 13.0 Å². The molecule has 0 saturated heterocycles. The molecule has 0 atom stereocenters. The number of fused-ring (bicyclic) bond motifs is 1. The van der Waals surface area contributed by atoms with Crippen LogP contribution in [0.1, 0.15) is 5.56 Å². The van der Waals surface area contributed by atoms with Crippen molar-refractivity contribution in [3.05, 3.63) is 52.6 Å². The molecule has 1 N–H and O–H groups in total. The Labute approximate surface area is 102 Å². The SMILES string of the molecule is O=c1[nH]cnc2c1nnn2CCc1ccccc1. The fourth-order valence-electron chi connectivity index (χ4n) is 1.83. The number of nitrogens with one attached hydrogen (secondary N) is 1. The first-order valence-electron chi connectivity index (χ1n) is 5.65. The summed E-state index contributed by atoms with van der Waals surface area (Å²) in [4.78, 5) is 18.0. The predicted octanol–water partition coefficient (Wildman–Crippen LogP) is 0.757. The van der Waals surface area contributed by atoms with Crippen molar-refractivity contribution in [3.8, 4) is 0 Å². The van der Waals surface area contributed by atoms with Gasteiger partial charge in [-0.1, -0.05) is 35.5 Å². The van der Waals surface area contributed by atoms with E-state index >= 15 is 0 Å². The summed E-state index contributed by atoms with van der Waals surface area (Å²) in [7, 11) is 0. The van der Waals surface area contributed by atoms with Gasteiger partial charge in [0, 0.05) is 6.54 Å². The molecule has 0 aliphatic rings. The summed E-state index contributed by atoms with van der Waals surface area (Å²) in [5.74, 6) is 0. The highest BCUT2D eigenvalue weighted by molar-refractivity contribution is 5.67. The van der Waals surface area contributed by atoms with E-state index in [2.05, 4.69) is 32.4 Å². The van der Waals surface area contributed by atoms with Gasteiger partial charge in [-0.15, -0.1) is 5.10 Å². The van der Waals surface area contributed by atoms with Gasteiger partial charge in [-0.25, -0.2) is 9.67 Å². The van der Waals surface area contributed by atoms with Crippen molar-refractivity contribution in [2.75, 3.05) is 0 Å². The molecule has 3 rings (SSSR count). The van der Waals surface area contributed by atoms with Crippen LogP contribution in [0.5, 0.6) is 0 Å². The van der Waals surface area contributed by atoms with Crippen LogP contribution < -0.4 is 5.56 Å². The summed E-state index contributed by atoms with van der Waals surface area (Å²) >= 11 is 0. The molecule has 6 heteroatoms. The molecule has 2 aromatic heterocycles. The Morgan fingerprint density at radius 2 is 2.06 bits per heavy atom. The van der Waals surface area contributed by atoms with Crippen molar-refractivity contribution in [1.29, 1.82) is 0 Å². The van der Waals surface area contributed by atoms with E-state index < -0.39 is 0 Å². The second kappa shape index (κ2) is 4.40. The molecular formula is C12H11N5O. The zero-order valence-electron chi connectivity index (χ0n) is 9.58. The number of hydrogen-bond donors (Lipinski definition) is 1. The van der Waals surface area contributed by atoms with E-state index in [1.165, 1.54) is 11.9 Å². The molecule has 1 aromatic carbocycles. The summed E-state index contributed by atoms with van der Waals surface area (Å²) in [6.45, 7) is 0.650. The second-order valence-corrected chi connectivity index (χ2v) is 3.95. The quantitative estimate of drug-likeness (QED) is 0.734. The fourth-order valence-corrected chi connectivity index (χ4v) is 1.83. The Kier molecular flexibility index (Phi) is 2.60. The zero-order chi connectivity index (χ0) is 12.4. The van der Waals surface area contributed by atoms with Crippen LogP contribution in [-0.4, -0.2) is 25.0 Å². The Morgan fingerprint density at radius 1 is 1.22 bits per heavy atom. The maximum Gasteiger partial charge on any atom is 0.280 e. The van der Waals surface area contributed by atoms with Crippen LogP contribution in [0.25, 0.3) is 11.2 Å². The van der Waals surface area contributed by atoms with Gasteiger partial charge in [0.1, 0.15) is 0 Å². The lowest BCUT2D eigenvalue weighted by Gasteiger charge is -2.01. The van der Waals surface area contributed by atoms with E-state index in [-0.39, 0.29) is 11.1 Å². The summed E-state index contributed by atoms with van der Waals surface area (Å²) in [5, 5.41) is 7.79. The molecule has 0 fully saturated rings. The largest absolute Gasteiger partial charge is 0.311 e. The highest BCUT2D eigenvalue weighted by atomic mass is 16.1. The maximum atomic E-state index is 11.5. The van der Waals surface area contributed by atoms with Crippen molar-refractivity contribution in [2.24, 2.45) is 0 Å². The van der Waals surface area contributed by atoms with Crippen molar-refractivity contribution in [1.82, 2.24) is 25.0 Å². The molecular weight excluding hydrogens is 230 g/mol. The van der Waals surface area contributed by atoms with Crippen LogP contribution in [0.3, 0.4) is 0 Å². The molecule has 90 valence electrons. The minimum Gasteiger partial charge on any atom is -0.311 e. The van der Waals surface area contributed by atoms with E-state index in [4.69, 9.17) is 0 Å². The average Bonchev–Trinajstić information content (AvgIpc) is 2.82. The van der Waals surface area contributed by atoms with Crippen LogP contribution in [0.2, 0.25) is 0 Å². The Hall–Kier alpha value is -2.50. The van der Waals surface area contributed by atoms with Gasteiger partial charge < -0.3 is 4.98 Å². The first-order chi connectivity index (χ1) is 8.84. The third-order valence-electron chi connectivity index (χ3n) is 2.76. The first-order valence-corrected chi connectivity index (χ1v) is 5.65. The molecule has 6 nitrogen and oxygen atoms in total. The van der Waals surface area contributed by atoms with Crippen LogP contribution in [0.15, 0.2) is 41.5 Å². The highest BCUT2D eigenvalue weighted by Gasteiger charge is 2.08. The van der Waals surface area contributed by atoms with E-state index in [9.17, 15) is 4.79 Å². The molecule has 0 bridgehead atoms. The Morgan fingerprint density at radius 3 is 2.89 bits per heavy atom. The average molecular weight is 241 g/mol. The molecule has 0 aliphatic heterocycles. The molecule has 0 aliphatic carbocycles. The Bertz CT molecular complexity index is 716. The number of nitrogens with zero attached hydrogens (tertiary/aromatic N) is 4. The molecule has 3 aromatic rings. The third-order valence-corrected chi connectivity index (χ3v) is 2.76. The zero-order valence-corrected chi connectivity index (χ0v) is 9.58. The molecule has 2 heterocycles. The minimum atomic E-state index is -0.258. The Balaban J connectivity index is 1.88. The van der Waals surface area contributed by atoms with Gasteiger partial charge in [0.15, 0.2) is 11.2 Å². The van der Waals surface area contributed by atoms with Crippen molar-refractivity contribution < 1.29 is 0 Å². The summed E-state index contributed by atoms with van der Waals surface area (Å²) in [6.07, 6.45) is 2.20. The van der Waals surface area contributed by atoms with E-state index in [1.54, 1.807) is 4.68 Å². The lowest BCUT2D eigenvalue weighted by Crippen LogP contribution is -2.08. The number of aryl methyl sites for hydroxylation is 2. The number of aromatic amines is 1. The number of benzene rings is 1. The number of rotatable bonds is 3. The number of aromatic nitrogens is 5. The molecule has 0 spiro atoms. The second-order valence-electron chi connectivity index (χ2n) is 3.95. The van der Waals surface area contributed by atoms with Gasteiger partial charge in [0.25, 0.3) is 5.56 Å². The predicted molar refractivity (Wildman–Crippen MR) is 66.1 cm³/mol. The standard InChI is InChI=1S/C12H11N5O/c18-12-10-11(13-8-14-12)17(16-15-10)7-6-9-4-2-1-3-5-9/h1-5,8H,6-7H2,(H,13,14,18). The van der Waals surface area contributed by atoms with Gasteiger partial charge in [0.05, 0.1) is 6.33 Å². The molecule has 0 unspecified atom stereocenters. The first kappa shape index (κ1) is 10.6. The summed E-state index contributed by atoms with van der Waals surface area (Å²) < 4.78 is 1.65. The van der Waals surface area contributed by atoms with Crippen LogP contribution in [0.4, 0.5) is 0 Å². The van der Waals surface area contributed by atoms with Crippen LogP contribution in [0, 0.1) is 0 Å². The summed E-state index contributed by atoms with van der Waals surface area (Å²) in [5.41, 5.74) is 1.76. The smallest absolute Gasteiger partial charge is 0.280 e. The van der Waals surface area contributed by atoms with Gasteiger partial charge in [-0.2, -0.15) is 0 Å². The molecule has 0 amide bonds. The van der Waals surface area contributed by atoms with E-state index in [1.807, 2.05) is 18.2 Å². The van der Waals surface area contributed by atoms with Crippen molar-refractivity contribution >= 4 is 11.2 Å². The summed E-state index contributed by atoms with van der Waals surface area (Å²) in [6, 6.07) is 10.1. The molecule has 0 saturated carbocycles. The maximum absolute atomic E-state index is 11.5. The lowest BCUT2D eigenvalue weighted by atomic mass is 10.1. The van der Waals surface area contributed by atoms with E-state index in [0.29, 0.717) is 12.2 Å². The fraction of sp³-hybridized carbons (Fsp3) is 0.167. The van der Waals surface area contributed by atoms with Gasteiger partial charge in [-0.05, 0) is 12.0 Å². The van der Waals surface area contributed by atoms with Crippen LogP contribution in [-0.2, 0) is 13.0 Å². The molecule has 0 radical (unpaired) electrons. The van der Waals surface area contributed by atoms with Crippen LogP contribution >= 0.6 is 0 Å². The molecule has 18 heavy (non-hydrogen) atoms. The minimum absolute atomic E-state index is 0.258. The number of H-pyrrole nitrogens is 1.